The molecule has 0 radical (unpaired) electrons. The first kappa shape index (κ1) is 16.7. The van der Waals surface area contributed by atoms with E-state index in [2.05, 4.69) is 89.9 Å². The van der Waals surface area contributed by atoms with Crippen LogP contribution in [0.2, 0.25) is 0 Å². The number of nitrogens with zero attached hydrogens (tertiary/aromatic N) is 1. The van der Waals surface area contributed by atoms with Crippen molar-refractivity contribution in [2.24, 2.45) is 0 Å². The van der Waals surface area contributed by atoms with Crippen molar-refractivity contribution >= 4 is 11.3 Å². The fourth-order valence-corrected chi connectivity index (χ4v) is 4.29. The predicted octanol–water partition coefficient (Wildman–Crippen LogP) is 7.14. The van der Waals surface area contributed by atoms with Crippen LogP contribution < -0.4 is 0 Å². The van der Waals surface area contributed by atoms with Crippen LogP contribution in [0.25, 0.3) is 43.7 Å². The van der Waals surface area contributed by atoms with Crippen molar-refractivity contribution in [1.29, 1.82) is 0 Å². The average molecular weight is 378 g/mol. The molecule has 5 rings (SSSR count). The van der Waals surface area contributed by atoms with Crippen LogP contribution in [0.5, 0.6) is 0 Å². The van der Waals surface area contributed by atoms with Crippen LogP contribution in [0.1, 0.15) is 0 Å². The molecule has 0 aliphatic carbocycles. The van der Waals surface area contributed by atoms with Crippen molar-refractivity contribution in [2.75, 3.05) is 0 Å². The summed E-state index contributed by atoms with van der Waals surface area (Å²) in [5.74, 6) is 0.907. The van der Waals surface area contributed by atoms with E-state index in [1.807, 2.05) is 18.2 Å². The van der Waals surface area contributed by atoms with E-state index in [-0.39, 0.29) is 0 Å². The fraction of sp³-hybridized carbons (Fsp3) is 0. The lowest BCUT2D eigenvalue weighted by molar-refractivity contribution is 1.33. The number of rotatable bonds is 4. The Hall–Kier alpha value is -3.43. The molecule has 2 aromatic heterocycles. The molecule has 5 aromatic rings. The van der Waals surface area contributed by atoms with Crippen molar-refractivity contribution in [2.45, 2.75) is 0 Å². The van der Waals surface area contributed by atoms with Gasteiger partial charge >= 0.3 is 0 Å². The highest BCUT2D eigenvalue weighted by Gasteiger charge is 2.16. The molecule has 2 nitrogen and oxygen atoms in total. The molecule has 0 aliphatic rings. The van der Waals surface area contributed by atoms with Gasteiger partial charge in [0.15, 0.2) is 0 Å². The molecule has 3 aromatic carbocycles. The number of aromatic amines is 1. The van der Waals surface area contributed by atoms with Gasteiger partial charge in [0.1, 0.15) is 5.82 Å². The summed E-state index contributed by atoms with van der Waals surface area (Å²) in [5.41, 5.74) is 5.52. The van der Waals surface area contributed by atoms with E-state index in [4.69, 9.17) is 4.98 Å². The molecule has 0 saturated carbocycles. The number of aromatic nitrogens is 2. The lowest BCUT2D eigenvalue weighted by Gasteiger charge is -2.02. The number of hydrogen-bond donors (Lipinski definition) is 1. The molecule has 1 N–H and O–H groups in total. The van der Waals surface area contributed by atoms with Crippen LogP contribution in [-0.2, 0) is 0 Å². The van der Waals surface area contributed by atoms with Gasteiger partial charge < -0.3 is 4.98 Å². The Bertz CT molecular complexity index is 1130. The Labute approximate surface area is 168 Å². The minimum absolute atomic E-state index is 0.907. The van der Waals surface area contributed by atoms with Crippen LogP contribution in [0.15, 0.2) is 103 Å². The molecule has 28 heavy (non-hydrogen) atoms. The third kappa shape index (κ3) is 3.17. The zero-order chi connectivity index (χ0) is 18.8. The van der Waals surface area contributed by atoms with Crippen LogP contribution in [0.3, 0.4) is 0 Å². The summed E-state index contributed by atoms with van der Waals surface area (Å²) in [6.07, 6.45) is 0. The fourth-order valence-electron chi connectivity index (χ4n) is 3.33. The second-order valence-corrected chi connectivity index (χ2v) is 7.65. The van der Waals surface area contributed by atoms with E-state index in [1.165, 1.54) is 10.4 Å². The smallest absolute Gasteiger partial charge is 0.148 e. The van der Waals surface area contributed by atoms with Crippen molar-refractivity contribution < 1.29 is 0 Å². The average Bonchev–Trinajstić information content (AvgIpc) is 3.43. The topological polar surface area (TPSA) is 28.7 Å². The predicted molar refractivity (Wildman–Crippen MR) is 118 cm³/mol. The van der Waals surface area contributed by atoms with Gasteiger partial charge in [-0.2, -0.15) is 0 Å². The molecular formula is C25H18N2S. The second-order valence-electron chi connectivity index (χ2n) is 6.57. The van der Waals surface area contributed by atoms with Gasteiger partial charge in [-0.1, -0.05) is 91.0 Å². The normalized spacial score (nSPS) is 10.9. The molecular weight excluding hydrogens is 360 g/mol. The largest absolute Gasteiger partial charge is 0.337 e. The maximum Gasteiger partial charge on any atom is 0.148 e. The molecule has 0 amide bonds. The first-order valence-electron chi connectivity index (χ1n) is 9.25. The molecule has 0 unspecified atom stereocenters. The van der Waals surface area contributed by atoms with Crippen molar-refractivity contribution in [3.8, 4) is 43.7 Å². The molecule has 2 heterocycles. The van der Waals surface area contributed by atoms with E-state index >= 15 is 0 Å². The second kappa shape index (κ2) is 7.29. The Balaban J connectivity index is 1.62. The maximum atomic E-state index is 4.99. The third-order valence-electron chi connectivity index (χ3n) is 4.71. The summed E-state index contributed by atoms with van der Waals surface area (Å²) in [4.78, 5) is 10.9. The Kier molecular flexibility index (Phi) is 4.36. The highest BCUT2D eigenvalue weighted by atomic mass is 32.1. The molecule has 134 valence electrons. The lowest BCUT2D eigenvalue weighted by Crippen LogP contribution is -1.82. The molecule has 0 atom stereocenters. The third-order valence-corrected chi connectivity index (χ3v) is 5.85. The number of nitrogens with one attached hydrogen (secondary N) is 1. The van der Waals surface area contributed by atoms with E-state index in [0.717, 1.165) is 33.2 Å². The van der Waals surface area contributed by atoms with Crippen LogP contribution >= 0.6 is 11.3 Å². The monoisotopic (exact) mass is 378 g/mol. The van der Waals surface area contributed by atoms with E-state index in [1.54, 1.807) is 11.3 Å². The summed E-state index contributed by atoms with van der Waals surface area (Å²) in [7, 11) is 0. The summed E-state index contributed by atoms with van der Waals surface area (Å²) in [6, 6.07) is 35.5. The van der Waals surface area contributed by atoms with Gasteiger partial charge in [-0.3, -0.25) is 0 Å². The number of H-pyrrole nitrogens is 1. The van der Waals surface area contributed by atoms with Gasteiger partial charge in [0.2, 0.25) is 0 Å². The first-order valence-corrected chi connectivity index (χ1v) is 10.1. The standard InChI is InChI=1S/C25H18N2S/c1-4-10-18(11-5-1)21-16-17-22(28-21)25-26-23(19-12-6-2-7-13-19)24(27-25)20-14-8-3-9-15-20/h1-17H,(H,26,27). The van der Waals surface area contributed by atoms with Crippen molar-refractivity contribution in [3.63, 3.8) is 0 Å². The summed E-state index contributed by atoms with van der Waals surface area (Å²) in [6.45, 7) is 0. The van der Waals surface area contributed by atoms with E-state index < -0.39 is 0 Å². The van der Waals surface area contributed by atoms with E-state index in [9.17, 15) is 0 Å². The molecule has 0 fully saturated rings. The zero-order valence-corrected chi connectivity index (χ0v) is 16.0. The molecule has 0 spiro atoms. The number of thiophene rings is 1. The van der Waals surface area contributed by atoms with Gasteiger partial charge in [-0.05, 0) is 17.7 Å². The summed E-state index contributed by atoms with van der Waals surface area (Å²) >= 11 is 1.76. The molecule has 0 saturated heterocycles. The summed E-state index contributed by atoms with van der Waals surface area (Å²) < 4.78 is 0. The quantitative estimate of drug-likeness (QED) is 0.354. The van der Waals surface area contributed by atoms with Gasteiger partial charge in [0.25, 0.3) is 0 Å². The highest BCUT2D eigenvalue weighted by Crippen LogP contribution is 2.37. The van der Waals surface area contributed by atoms with Crippen LogP contribution in [0, 0.1) is 0 Å². The van der Waals surface area contributed by atoms with Gasteiger partial charge in [-0.25, -0.2) is 4.98 Å². The Morgan fingerprint density at radius 3 is 1.71 bits per heavy atom. The minimum atomic E-state index is 0.907. The van der Waals surface area contributed by atoms with Gasteiger partial charge in [-0.15, -0.1) is 11.3 Å². The Morgan fingerprint density at radius 2 is 1.07 bits per heavy atom. The van der Waals surface area contributed by atoms with Crippen LogP contribution in [0.4, 0.5) is 0 Å². The number of imidazole rings is 1. The summed E-state index contributed by atoms with van der Waals surface area (Å²) in [5, 5.41) is 0. The van der Waals surface area contributed by atoms with Crippen molar-refractivity contribution in [3.05, 3.63) is 103 Å². The first-order chi connectivity index (χ1) is 13.9. The van der Waals surface area contributed by atoms with Gasteiger partial charge in [0, 0.05) is 16.0 Å². The minimum Gasteiger partial charge on any atom is -0.337 e. The maximum absolute atomic E-state index is 4.99. The van der Waals surface area contributed by atoms with Crippen molar-refractivity contribution in [1.82, 2.24) is 9.97 Å². The molecule has 0 bridgehead atoms. The zero-order valence-electron chi connectivity index (χ0n) is 15.2. The Morgan fingerprint density at radius 1 is 0.536 bits per heavy atom. The SMILES string of the molecule is c1ccc(-c2ccc(-c3nc(-c4ccccc4)c(-c4ccccc4)[nH]3)s2)cc1. The van der Waals surface area contributed by atoms with Gasteiger partial charge in [0.05, 0.1) is 16.3 Å². The molecule has 3 heteroatoms. The van der Waals surface area contributed by atoms with E-state index in [0.29, 0.717) is 0 Å². The lowest BCUT2D eigenvalue weighted by atomic mass is 10.1. The molecule has 0 aliphatic heterocycles. The highest BCUT2D eigenvalue weighted by molar-refractivity contribution is 7.18. The van der Waals surface area contributed by atoms with Crippen LogP contribution in [-0.4, -0.2) is 9.97 Å². The number of benzene rings is 3. The number of hydrogen-bond acceptors (Lipinski definition) is 2.